The van der Waals surface area contributed by atoms with Crippen LogP contribution >= 0.6 is 11.3 Å². The first-order chi connectivity index (χ1) is 12.7. The number of thiophene rings is 1. The Bertz CT molecular complexity index is 386. The first kappa shape index (κ1) is 24.5. The summed E-state index contributed by atoms with van der Waals surface area (Å²) < 4.78 is 6.67. The Balaban J connectivity index is 0.000000350. The van der Waals surface area contributed by atoms with Gasteiger partial charge in [0.25, 0.3) is 0 Å². The summed E-state index contributed by atoms with van der Waals surface area (Å²) in [7, 11) is 0. The fourth-order valence-electron chi connectivity index (χ4n) is 4.14. The number of hydrogen-bond donors (Lipinski definition) is 0. The van der Waals surface area contributed by atoms with E-state index in [0.29, 0.717) is 0 Å². The zero-order chi connectivity index (χ0) is 19.1. The SMILES string of the molecule is CCCCC1CCC1.CCC[CH2][Sn]([CH2]CCC)([CH2]CCC)[c]1cccs1. The molecule has 0 atom stereocenters. The van der Waals surface area contributed by atoms with Crippen LogP contribution in [0.1, 0.15) is 105 Å². The van der Waals surface area contributed by atoms with Gasteiger partial charge in [0.1, 0.15) is 0 Å². The van der Waals surface area contributed by atoms with E-state index in [2.05, 4.69) is 56.5 Å². The minimum atomic E-state index is -2.01. The predicted molar refractivity (Wildman–Crippen MR) is 126 cm³/mol. The molecular formula is C24H46SSn. The van der Waals surface area contributed by atoms with Gasteiger partial charge >= 0.3 is 123 Å². The average Bonchev–Trinajstić information content (AvgIpc) is 3.16. The summed E-state index contributed by atoms with van der Waals surface area (Å²) in [5, 5.41) is 2.31. The summed E-state index contributed by atoms with van der Waals surface area (Å²) in [4.78, 5) is 0. The van der Waals surface area contributed by atoms with Crippen molar-refractivity contribution in [2.75, 3.05) is 0 Å². The van der Waals surface area contributed by atoms with E-state index in [0.717, 1.165) is 5.92 Å². The summed E-state index contributed by atoms with van der Waals surface area (Å²) in [6, 6.07) is 4.76. The molecule has 0 amide bonds. The van der Waals surface area contributed by atoms with Crippen molar-refractivity contribution in [1.29, 1.82) is 0 Å². The van der Waals surface area contributed by atoms with Gasteiger partial charge in [0.15, 0.2) is 0 Å². The van der Waals surface area contributed by atoms with Crippen LogP contribution in [0.25, 0.3) is 0 Å². The maximum absolute atomic E-state index is 2.47. The van der Waals surface area contributed by atoms with Crippen molar-refractivity contribution >= 4 is 32.6 Å². The van der Waals surface area contributed by atoms with Gasteiger partial charge in [0.2, 0.25) is 0 Å². The van der Waals surface area contributed by atoms with E-state index in [1.54, 1.807) is 13.3 Å². The van der Waals surface area contributed by atoms with Crippen molar-refractivity contribution in [3.05, 3.63) is 17.5 Å². The Kier molecular flexibility index (Phi) is 14.6. The van der Waals surface area contributed by atoms with E-state index in [1.165, 1.54) is 77.0 Å². The van der Waals surface area contributed by atoms with Crippen molar-refractivity contribution < 1.29 is 0 Å². The van der Waals surface area contributed by atoms with Crippen LogP contribution in [0.15, 0.2) is 17.5 Å². The molecule has 2 rings (SSSR count). The van der Waals surface area contributed by atoms with Crippen LogP contribution in [0.5, 0.6) is 0 Å². The Labute approximate surface area is 173 Å². The molecule has 0 N–H and O–H groups in total. The van der Waals surface area contributed by atoms with Crippen molar-refractivity contribution in [2.24, 2.45) is 5.92 Å². The Morgan fingerprint density at radius 2 is 1.38 bits per heavy atom. The van der Waals surface area contributed by atoms with E-state index in [-0.39, 0.29) is 0 Å². The first-order valence-electron chi connectivity index (χ1n) is 11.8. The molecule has 2 heteroatoms. The van der Waals surface area contributed by atoms with Gasteiger partial charge in [-0.1, -0.05) is 45.4 Å². The van der Waals surface area contributed by atoms with Crippen LogP contribution in [0, 0.1) is 5.92 Å². The molecule has 0 saturated heterocycles. The Morgan fingerprint density at radius 3 is 1.73 bits per heavy atom. The molecular weight excluding hydrogens is 439 g/mol. The number of rotatable bonds is 13. The summed E-state index contributed by atoms with van der Waals surface area (Å²) >= 11 is 0.0608. The number of hydrogen-bond acceptors (Lipinski definition) is 1. The van der Waals surface area contributed by atoms with Gasteiger partial charge in [-0.25, -0.2) is 0 Å². The monoisotopic (exact) mass is 486 g/mol. The normalized spacial score (nSPS) is 14.6. The molecule has 0 nitrogen and oxygen atoms in total. The van der Waals surface area contributed by atoms with E-state index in [1.807, 2.05) is 2.89 Å². The second kappa shape index (κ2) is 15.4. The third-order valence-corrected chi connectivity index (χ3v) is 25.5. The van der Waals surface area contributed by atoms with Crippen LogP contribution < -0.4 is 2.89 Å². The molecule has 1 heterocycles. The van der Waals surface area contributed by atoms with E-state index >= 15 is 0 Å². The summed E-state index contributed by atoms with van der Waals surface area (Å²) in [6.07, 6.45) is 17.5. The molecule has 0 bridgehead atoms. The third kappa shape index (κ3) is 9.13. The molecule has 1 aliphatic rings. The van der Waals surface area contributed by atoms with Crippen molar-refractivity contribution in [3.8, 4) is 0 Å². The molecule has 26 heavy (non-hydrogen) atoms. The summed E-state index contributed by atoms with van der Waals surface area (Å²) in [6.45, 7) is 9.33. The van der Waals surface area contributed by atoms with Gasteiger partial charge < -0.3 is 0 Å². The fraction of sp³-hybridized carbons (Fsp3) is 0.833. The molecule has 0 spiro atoms. The second-order valence-corrected chi connectivity index (χ2v) is 23.6. The summed E-state index contributed by atoms with van der Waals surface area (Å²) in [5.41, 5.74) is 0. The van der Waals surface area contributed by atoms with Crippen molar-refractivity contribution in [1.82, 2.24) is 0 Å². The van der Waals surface area contributed by atoms with E-state index < -0.39 is 18.4 Å². The molecule has 1 fully saturated rings. The second-order valence-electron chi connectivity index (χ2n) is 8.51. The van der Waals surface area contributed by atoms with E-state index in [4.69, 9.17) is 0 Å². The van der Waals surface area contributed by atoms with Crippen molar-refractivity contribution in [2.45, 2.75) is 118 Å². The minimum absolute atomic E-state index is 1.13. The van der Waals surface area contributed by atoms with Crippen LogP contribution in [0.4, 0.5) is 0 Å². The van der Waals surface area contributed by atoms with E-state index in [9.17, 15) is 0 Å². The van der Waals surface area contributed by atoms with Crippen molar-refractivity contribution in [3.63, 3.8) is 0 Å². The predicted octanol–water partition coefficient (Wildman–Crippen LogP) is 8.78. The zero-order valence-corrected chi connectivity index (χ0v) is 22.0. The molecule has 152 valence electrons. The number of unbranched alkanes of at least 4 members (excludes halogenated alkanes) is 4. The quantitative estimate of drug-likeness (QED) is 0.245. The third-order valence-electron chi connectivity index (χ3n) is 6.26. The molecule has 1 aromatic rings. The molecule has 0 radical (unpaired) electrons. The molecule has 0 aromatic carbocycles. The van der Waals surface area contributed by atoms with Gasteiger partial charge in [-0.15, -0.1) is 0 Å². The van der Waals surface area contributed by atoms with Gasteiger partial charge in [0.05, 0.1) is 0 Å². The van der Waals surface area contributed by atoms with Gasteiger partial charge in [0, 0.05) is 0 Å². The van der Waals surface area contributed by atoms with Crippen LogP contribution in [-0.4, -0.2) is 18.4 Å². The van der Waals surface area contributed by atoms with Crippen LogP contribution in [0.3, 0.4) is 0 Å². The standard InChI is InChI=1S/C8H16.C4H3S.3C4H9.Sn/c1-2-3-5-8-6-4-7-8;1-2-4-5-3-1;3*1-3-4-2;/h8H,2-7H2,1H3;1-3H;3*1,3-4H2,2H3;. The first-order valence-corrected chi connectivity index (χ1v) is 20.1. The van der Waals surface area contributed by atoms with Crippen LogP contribution in [-0.2, 0) is 0 Å². The molecule has 0 aliphatic heterocycles. The fourth-order valence-corrected chi connectivity index (χ4v) is 24.0. The zero-order valence-electron chi connectivity index (χ0n) is 18.3. The molecule has 0 unspecified atom stereocenters. The van der Waals surface area contributed by atoms with Gasteiger partial charge in [-0.3, -0.25) is 0 Å². The Morgan fingerprint density at radius 1 is 0.846 bits per heavy atom. The average molecular weight is 485 g/mol. The molecule has 1 aliphatic carbocycles. The maximum atomic E-state index is 2.47. The molecule has 1 aromatic heterocycles. The van der Waals surface area contributed by atoms with Gasteiger partial charge in [-0.05, 0) is 5.92 Å². The topological polar surface area (TPSA) is 0 Å². The molecule has 1 saturated carbocycles. The van der Waals surface area contributed by atoms with Gasteiger partial charge in [-0.2, -0.15) is 0 Å². The van der Waals surface area contributed by atoms with Crippen LogP contribution in [0.2, 0.25) is 13.3 Å². The summed E-state index contributed by atoms with van der Waals surface area (Å²) in [5.74, 6) is 1.13. The Hall–Kier alpha value is 0.499.